The molecule has 7 heteroatoms. The van der Waals surface area contributed by atoms with Crippen molar-refractivity contribution in [2.75, 3.05) is 37.8 Å². The first-order valence-corrected chi connectivity index (χ1v) is 8.09. The molecule has 1 spiro atoms. The van der Waals surface area contributed by atoms with Gasteiger partial charge in [0, 0.05) is 55.0 Å². The molecule has 0 saturated carbocycles. The highest BCUT2D eigenvalue weighted by Crippen LogP contribution is 2.35. The molecular weight excluding hydrogens is 310 g/mol. The van der Waals surface area contributed by atoms with Crippen LogP contribution in [0.2, 0.25) is 0 Å². The zero-order valence-electron chi connectivity index (χ0n) is 13.5. The van der Waals surface area contributed by atoms with Gasteiger partial charge in [0.25, 0.3) is 5.69 Å². The lowest BCUT2D eigenvalue weighted by Crippen LogP contribution is -2.52. The first-order valence-electron chi connectivity index (χ1n) is 8.09. The summed E-state index contributed by atoms with van der Waals surface area (Å²) in [4.78, 5) is 17.5. The molecule has 0 amide bonds. The number of fused-ring (bicyclic) bond motifs is 1. The van der Waals surface area contributed by atoms with Gasteiger partial charge in [0.15, 0.2) is 0 Å². The highest BCUT2D eigenvalue weighted by Gasteiger charge is 2.40. The summed E-state index contributed by atoms with van der Waals surface area (Å²) in [7, 11) is 0. The number of nitro groups is 1. The Morgan fingerprint density at radius 1 is 1.33 bits per heavy atom. The van der Waals surface area contributed by atoms with Gasteiger partial charge in [0.2, 0.25) is 0 Å². The number of hydrogen-bond donors (Lipinski definition) is 0. The largest absolute Gasteiger partial charge is 0.378 e. The molecule has 2 fully saturated rings. The molecule has 0 N–H and O–H groups in total. The number of aromatic nitrogens is 1. The number of ether oxygens (including phenoxy) is 2. The Morgan fingerprint density at radius 3 is 2.96 bits per heavy atom. The van der Waals surface area contributed by atoms with E-state index in [9.17, 15) is 10.1 Å². The molecule has 2 saturated heterocycles. The molecule has 2 aliphatic rings. The van der Waals surface area contributed by atoms with Crippen LogP contribution in [0.25, 0.3) is 10.9 Å². The lowest BCUT2D eigenvalue weighted by Gasteiger charge is -2.41. The van der Waals surface area contributed by atoms with Crippen molar-refractivity contribution in [3.63, 3.8) is 0 Å². The van der Waals surface area contributed by atoms with Crippen LogP contribution in [0.1, 0.15) is 12.1 Å². The van der Waals surface area contributed by atoms with Gasteiger partial charge in [0.1, 0.15) is 5.60 Å². The van der Waals surface area contributed by atoms with E-state index < -0.39 is 0 Å². The minimum Gasteiger partial charge on any atom is -0.378 e. The molecule has 2 aromatic rings. The summed E-state index contributed by atoms with van der Waals surface area (Å²) in [6.07, 6.45) is 0.881. The summed E-state index contributed by atoms with van der Waals surface area (Å²) in [5.74, 6) is 0. The number of morpholine rings is 1. The molecular formula is C17H19N3O4. The van der Waals surface area contributed by atoms with E-state index in [1.165, 1.54) is 6.07 Å². The molecule has 0 aliphatic carbocycles. The third-order valence-electron chi connectivity index (χ3n) is 4.77. The van der Waals surface area contributed by atoms with Gasteiger partial charge in [0.05, 0.1) is 23.7 Å². The molecule has 1 aromatic heterocycles. The van der Waals surface area contributed by atoms with Crippen LogP contribution >= 0.6 is 0 Å². The van der Waals surface area contributed by atoms with E-state index >= 15 is 0 Å². The number of aryl methyl sites for hydroxylation is 1. The molecule has 1 aromatic carbocycles. The van der Waals surface area contributed by atoms with E-state index in [0.717, 1.165) is 48.4 Å². The van der Waals surface area contributed by atoms with Crippen molar-refractivity contribution in [2.45, 2.75) is 18.9 Å². The quantitative estimate of drug-likeness (QED) is 0.622. The lowest BCUT2D eigenvalue weighted by molar-refractivity contribution is -0.384. The summed E-state index contributed by atoms with van der Waals surface area (Å²) in [6, 6.07) is 6.84. The zero-order valence-corrected chi connectivity index (χ0v) is 13.5. The fourth-order valence-corrected chi connectivity index (χ4v) is 3.58. The van der Waals surface area contributed by atoms with Gasteiger partial charge < -0.3 is 14.4 Å². The van der Waals surface area contributed by atoms with Crippen molar-refractivity contribution < 1.29 is 14.4 Å². The Kier molecular flexibility index (Phi) is 3.62. The first kappa shape index (κ1) is 15.3. The number of nitro benzene ring substituents is 1. The van der Waals surface area contributed by atoms with E-state index in [2.05, 4.69) is 9.88 Å². The zero-order chi connectivity index (χ0) is 16.7. The van der Waals surface area contributed by atoms with Crippen LogP contribution in [0.15, 0.2) is 24.3 Å². The van der Waals surface area contributed by atoms with Gasteiger partial charge in [-0.25, -0.2) is 0 Å². The van der Waals surface area contributed by atoms with E-state index in [0.29, 0.717) is 13.2 Å². The molecule has 4 rings (SSSR count). The minimum atomic E-state index is -0.366. The van der Waals surface area contributed by atoms with Crippen LogP contribution in [0.5, 0.6) is 0 Å². The second-order valence-corrected chi connectivity index (χ2v) is 6.50. The molecule has 24 heavy (non-hydrogen) atoms. The second kappa shape index (κ2) is 5.68. The van der Waals surface area contributed by atoms with Crippen molar-refractivity contribution in [2.24, 2.45) is 0 Å². The third kappa shape index (κ3) is 2.59. The summed E-state index contributed by atoms with van der Waals surface area (Å²) in [6.45, 7) is 5.37. The summed E-state index contributed by atoms with van der Waals surface area (Å²) in [5.41, 5.74) is 2.48. The number of benzene rings is 1. The van der Waals surface area contributed by atoms with Gasteiger partial charge >= 0.3 is 0 Å². The smallest absolute Gasteiger partial charge is 0.270 e. The Morgan fingerprint density at radius 2 is 2.21 bits per heavy atom. The Hall–Kier alpha value is -2.25. The standard InChI is InChI=1S/C17H19N3O4/c1-12-8-16(14-9-13(20(21)22)2-3-15(14)18-12)19-5-7-24-17(10-19)4-6-23-11-17/h2-3,8-9H,4-7,10-11H2,1H3. The Balaban J connectivity index is 1.79. The molecule has 7 nitrogen and oxygen atoms in total. The molecule has 2 aliphatic heterocycles. The summed E-state index contributed by atoms with van der Waals surface area (Å²) < 4.78 is 11.5. The summed E-state index contributed by atoms with van der Waals surface area (Å²) in [5, 5.41) is 11.9. The first-order chi connectivity index (χ1) is 11.6. The Bertz CT molecular complexity index is 802. The maximum atomic E-state index is 11.1. The topological polar surface area (TPSA) is 77.7 Å². The molecule has 1 atom stereocenters. The van der Waals surface area contributed by atoms with Gasteiger partial charge in [-0.3, -0.25) is 15.1 Å². The number of anilines is 1. The average molecular weight is 329 g/mol. The predicted octanol–water partition coefficient (Wildman–Crippen LogP) is 2.45. The number of non-ortho nitro benzene ring substituents is 1. The highest BCUT2D eigenvalue weighted by molar-refractivity contribution is 5.93. The number of hydrogen-bond acceptors (Lipinski definition) is 6. The average Bonchev–Trinajstić information content (AvgIpc) is 3.01. The molecule has 126 valence electrons. The van der Waals surface area contributed by atoms with Gasteiger partial charge in [-0.05, 0) is 19.1 Å². The van der Waals surface area contributed by atoms with Crippen LogP contribution in [-0.4, -0.2) is 48.4 Å². The summed E-state index contributed by atoms with van der Waals surface area (Å²) >= 11 is 0. The predicted molar refractivity (Wildman–Crippen MR) is 89.5 cm³/mol. The van der Waals surface area contributed by atoms with Crippen molar-refractivity contribution in [1.29, 1.82) is 0 Å². The Labute approximate surface area is 139 Å². The molecule has 1 unspecified atom stereocenters. The maximum absolute atomic E-state index is 11.1. The number of nitrogens with zero attached hydrogens (tertiary/aromatic N) is 3. The van der Waals surface area contributed by atoms with Crippen LogP contribution in [-0.2, 0) is 9.47 Å². The maximum Gasteiger partial charge on any atom is 0.270 e. The normalized spacial score (nSPS) is 24.0. The van der Waals surface area contributed by atoms with Gasteiger partial charge in [-0.1, -0.05) is 0 Å². The van der Waals surface area contributed by atoms with Gasteiger partial charge in [-0.15, -0.1) is 0 Å². The highest BCUT2D eigenvalue weighted by atomic mass is 16.6. The van der Waals surface area contributed by atoms with Gasteiger partial charge in [-0.2, -0.15) is 0 Å². The second-order valence-electron chi connectivity index (χ2n) is 6.50. The van der Waals surface area contributed by atoms with Crippen LogP contribution in [0, 0.1) is 17.0 Å². The lowest BCUT2D eigenvalue weighted by atomic mass is 9.99. The van der Waals surface area contributed by atoms with Crippen LogP contribution in [0.4, 0.5) is 11.4 Å². The molecule has 0 bridgehead atoms. The third-order valence-corrected chi connectivity index (χ3v) is 4.77. The number of rotatable bonds is 2. The van der Waals surface area contributed by atoms with Crippen molar-refractivity contribution in [1.82, 2.24) is 4.98 Å². The van der Waals surface area contributed by atoms with Crippen molar-refractivity contribution >= 4 is 22.3 Å². The number of pyridine rings is 1. The van der Waals surface area contributed by atoms with Crippen LogP contribution < -0.4 is 4.90 Å². The van der Waals surface area contributed by atoms with E-state index in [1.807, 2.05) is 13.0 Å². The SMILES string of the molecule is Cc1cc(N2CCOC3(CCOC3)C2)c2cc([N+](=O)[O-])ccc2n1. The van der Waals surface area contributed by atoms with E-state index in [-0.39, 0.29) is 16.2 Å². The van der Waals surface area contributed by atoms with Crippen molar-refractivity contribution in [3.05, 3.63) is 40.1 Å². The fourth-order valence-electron chi connectivity index (χ4n) is 3.58. The molecule has 3 heterocycles. The van der Waals surface area contributed by atoms with Crippen LogP contribution in [0.3, 0.4) is 0 Å². The van der Waals surface area contributed by atoms with E-state index in [4.69, 9.17) is 9.47 Å². The van der Waals surface area contributed by atoms with Crippen molar-refractivity contribution in [3.8, 4) is 0 Å². The minimum absolute atomic E-state index is 0.0848. The fraction of sp³-hybridized carbons (Fsp3) is 0.471. The van der Waals surface area contributed by atoms with E-state index in [1.54, 1.807) is 12.1 Å². The monoisotopic (exact) mass is 329 g/mol. The molecule has 0 radical (unpaired) electrons.